The number of aryl methyl sites for hydroxylation is 1. The normalized spacial score (nSPS) is 26.2. The molecule has 2 unspecified atom stereocenters. The van der Waals surface area contributed by atoms with Gasteiger partial charge in [-0.1, -0.05) is 24.3 Å². The first-order valence-corrected chi connectivity index (χ1v) is 8.30. The number of fused-ring (bicyclic) bond motifs is 1. The fraction of sp³-hybridized carbons (Fsp3) is 0.667. The van der Waals surface area contributed by atoms with Crippen LogP contribution in [0.15, 0.2) is 24.3 Å². The van der Waals surface area contributed by atoms with Gasteiger partial charge in [0, 0.05) is 18.6 Å². The summed E-state index contributed by atoms with van der Waals surface area (Å²) in [6.45, 7) is 8.39. The fourth-order valence-corrected chi connectivity index (χ4v) is 3.96. The van der Waals surface area contributed by atoms with Crippen molar-refractivity contribution in [1.82, 2.24) is 10.2 Å². The molecule has 1 N–H and O–H groups in total. The van der Waals surface area contributed by atoms with Gasteiger partial charge in [0.05, 0.1) is 0 Å². The summed E-state index contributed by atoms with van der Waals surface area (Å²) in [5.41, 5.74) is 3.16. The highest BCUT2D eigenvalue weighted by molar-refractivity contribution is 5.34. The van der Waals surface area contributed by atoms with Crippen molar-refractivity contribution in [2.45, 2.75) is 51.6 Å². The summed E-state index contributed by atoms with van der Waals surface area (Å²) in [5, 5.41) is 3.56. The van der Waals surface area contributed by atoms with Crippen LogP contribution in [0.25, 0.3) is 0 Å². The van der Waals surface area contributed by atoms with Gasteiger partial charge in [-0.3, -0.25) is 4.90 Å². The summed E-state index contributed by atoms with van der Waals surface area (Å²) < 4.78 is 0. The van der Waals surface area contributed by atoms with Gasteiger partial charge in [0.15, 0.2) is 0 Å². The van der Waals surface area contributed by atoms with Crippen LogP contribution in [0.4, 0.5) is 0 Å². The monoisotopic (exact) mass is 272 g/mol. The highest BCUT2D eigenvalue weighted by atomic mass is 15.2. The highest BCUT2D eigenvalue weighted by Crippen LogP contribution is 2.37. The number of piperidine rings is 1. The molecule has 1 aromatic rings. The van der Waals surface area contributed by atoms with Crippen LogP contribution in [0.3, 0.4) is 0 Å². The molecule has 0 radical (unpaired) electrons. The Hall–Kier alpha value is -0.860. The summed E-state index contributed by atoms with van der Waals surface area (Å²) in [7, 11) is 0. The molecule has 0 bridgehead atoms. The van der Waals surface area contributed by atoms with E-state index >= 15 is 0 Å². The Morgan fingerprint density at radius 3 is 2.85 bits per heavy atom. The minimum atomic E-state index is 0.632. The van der Waals surface area contributed by atoms with E-state index in [9.17, 15) is 0 Å². The minimum absolute atomic E-state index is 0.632. The first kappa shape index (κ1) is 14.1. The van der Waals surface area contributed by atoms with E-state index in [0.29, 0.717) is 12.1 Å². The molecule has 0 amide bonds. The number of rotatable bonds is 4. The molecule has 1 aromatic carbocycles. The summed E-state index contributed by atoms with van der Waals surface area (Å²) >= 11 is 0. The average molecular weight is 272 g/mol. The van der Waals surface area contributed by atoms with E-state index in [0.717, 1.165) is 5.92 Å². The third kappa shape index (κ3) is 2.91. The summed E-state index contributed by atoms with van der Waals surface area (Å²) in [6.07, 6.45) is 5.30. The zero-order valence-electron chi connectivity index (χ0n) is 12.9. The van der Waals surface area contributed by atoms with Crippen LogP contribution < -0.4 is 5.32 Å². The van der Waals surface area contributed by atoms with Gasteiger partial charge in [-0.15, -0.1) is 0 Å². The summed E-state index contributed by atoms with van der Waals surface area (Å²) in [6, 6.07) is 10.3. The zero-order valence-corrected chi connectivity index (χ0v) is 12.9. The van der Waals surface area contributed by atoms with Gasteiger partial charge in [0.2, 0.25) is 0 Å². The second kappa shape index (κ2) is 6.28. The van der Waals surface area contributed by atoms with Crippen LogP contribution >= 0.6 is 0 Å². The fourth-order valence-electron chi connectivity index (χ4n) is 3.96. The maximum absolute atomic E-state index is 3.56. The van der Waals surface area contributed by atoms with E-state index in [1.165, 1.54) is 45.3 Å². The lowest BCUT2D eigenvalue weighted by Gasteiger charge is -2.37. The highest BCUT2D eigenvalue weighted by Gasteiger charge is 2.30. The van der Waals surface area contributed by atoms with Crippen LogP contribution in [-0.2, 0) is 6.42 Å². The largest absolute Gasteiger partial charge is 0.316 e. The number of nitrogens with zero attached hydrogens (tertiary/aromatic N) is 1. The number of hydrogen-bond acceptors (Lipinski definition) is 2. The first-order chi connectivity index (χ1) is 9.75. The number of hydrogen-bond donors (Lipinski definition) is 1. The lowest BCUT2D eigenvalue weighted by atomic mass is 9.96. The summed E-state index contributed by atoms with van der Waals surface area (Å²) in [4.78, 5) is 2.75. The smallest absolute Gasteiger partial charge is 0.0356 e. The molecular weight excluding hydrogens is 244 g/mol. The van der Waals surface area contributed by atoms with Crippen molar-refractivity contribution in [3.05, 3.63) is 35.4 Å². The minimum Gasteiger partial charge on any atom is -0.316 e. The van der Waals surface area contributed by atoms with Crippen LogP contribution in [0.2, 0.25) is 0 Å². The molecule has 110 valence electrons. The van der Waals surface area contributed by atoms with Gasteiger partial charge >= 0.3 is 0 Å². The standard InChI is InChI=1S/C18H28N2/c1-14(2)20(13-15-6-5-11-19-12-15)18-10-9-16-7-3-4-8-17(16)18/h3-4,7-8,14-15,18-19H,5-6,9-13H2,1-2H3. The Balaban J connectivity index is 1.74. The quantitative estimate of drug-likeness (QED) is 0.904. The first-order valence-electron chi connectivity index (χ1n) is 8.30. The Kier molecular flexibility index (Phi) is 4.42. The lowest BCUT2D eigenvalue weighted by molar-refractivity contribution is 0.117. The number of nitrogens with one attached hydrogen (secondary N) is 1. The van der Waals surface area contributed by atoms with Gasteiger partial charge < -0.3 is 5.32 Å². The molecule has 2 atom stereocenters. The molecule has 0 spiro atoms. The molecule has 1 aliphatic heterocycles. The third-order valence-electron chi connectivity index (χ3n) is 5.03. The van der Waals surface area contributed by atoms with Crippen molar-refractivity contribution in [2.75, 3.05) is 19.6 Å². The van der Waals surface area contributed by atoms with Gasteiger partial charge in [-0.2, -0.15) is 0 Å². The number of benzene rings is 1. The van der Waals surface area contributed by atoms with E-state index in [1.54, 1.807) is 11.1 Å². The SMILES string of the molecule is CC(C)N(CC1CCCNC1)C1CCc2ccccc21. The maximum atomic E-state index is 3.56. The van der Waals surface area contributed by atoms with E-state index in [4.69, 9.17) is 0 Å². The molecule has 2 aliphatic rings. The molecule has 2 nitrogen and oxygen atoms in total. The van der Waals surface area contributed by atoms with Crippen LogP contribution in [0.1, 0.15) is 50.3 Å². The Morgan fingerprint density at radius 2 is 2.10 bits per heavy atom. The predicted octanol–water partition coefficient (Wildman–Crippen LogP) is 3.38. The maximum Gasteiger partial charge on any atom is 0.0356 e. The summed E-state index contributed by atoms with van der Waals surface area (Å²) in [5.74, 6) is 0.832. The van der Waals surface area contributed by atoms with Crippen LogP contribution in [-0.4, -0.2) is 30.6 Å². The molecule has 1 aliphatic carbocycles. The van der Waals surface area contributed by atoms with E-state index in [2.05, 4.69) is 48.3 Å². The second-order valence-corrected chi connectivity index (χ2v) is 6.76. The van der Waals surface area contributed by atoms with Crippen molar-refractivity contribution in [3.63, 3.8) is 0 Å². The van der Waals surface area contributed by atoms with Gasteiger partial charge in [0.25, 0.3) is 0 Å². The predicted molar refractivity (Wildman–Crippen MR) is 84.9 cm³/mol. The van der Waals surface area contributed by atoms with E-state index in [-0.39, 0.29) is 0 Å². The van der Waals surface area contributed by atoms with Crippen molar-refractivity contribution >= 4 is 0 Å². The molecule has 0 aromatic heterocycles. The van der Waals surface area contributed by atoms with Gasteiger partial charge in [-0.25, -0.2) is 0 Å². The van der Waals surface area contributed by atoms with Gasteiger partial charge in [-0.05, 0) is 69.7 Å². The van der Waals surface area contributed by atoms with E-state index in [1.807, 2.05) is 0 Å². The van der Waals surface area contributed by atoms with Crippen LogP contribution in [0, 0.1) is 5.92 Å². The molecule has 1 saturated heterocycles. The molecular formula is C18H28N2. The average Bonchev–Trinajstić information content (AvgIpc) is 2.89. The van der Waals surface area contributed by atoms with E-state index < -0.39 is 0 Å². The van der Waals surface area contributed by atoms with Crippen molar-refractivity contribution in [2.24, 2.45) is 5.92 Å². The topological polar surface area (TPSA) is 15.3 Å². The molecule has 3 rings (SSSR count). The van der Waals surface area contributed by atoms with Crippen LogP contribution in [0.5, 0.6) is 0 Å². The Bertz CT molecular complexity index is 435. The molecule has 20 heavy (non-hydrogen) atoms. The Labute approximate surface area is 123 Å². The molecule has 1 heterocycles. The van der Waals surface area contributed by atoms with Gasteiger partial charge in [0.1, 0.15) is 0 Å². The lowest BCUT2D eigenvalue weighted by Crippen LogP contribution is -2.42. The molecule has 0 saturated carbocycles. The third-order valence-corrected chi connectivity index (χ3v) is 5.03. The molecule has 2 heteroatoms. The van der Waals surface area contributed by atoms with Crippen molar-refractivity contribution in [1.29, 1.82) is 0 Å². The molecule has 1 fully saturated rings. The Morgan fingerprint density at radius 1 is 1.25 bits per heavy atom. The van der Waals surface area contributed by atoms with Crippen molar-refractivity contribution < 1.29 is 0 Å². The van der Waals surface area contributed by atoms with Crippen molar-refractivity contribution in [3.8, 4) is 0 Å². The second-order valence-electron chi connectivity index (χ2n) is 6.76. The zero-order chi connectivity index (χ0) is 13.9.